The molecule has 2 aliphatic heterocycles. The molecule has 2 aliphatic rings. The van der Waals surface area contributed by atoms with Crippen LogP contribution in [-0.2, 0) is 0 Å². The van der Waals surface area contributed by atoms with Crippen LogP contribution in [0.3, 0.4) is 0 Å². The Morgan fingerprint density at radius 2 is 1.86 bits per heavy atom. The van der Waals surface area contributed by atoms with E-state index in [-0.39, 0.29) is 18.3 Å². The summed E-state index contributed by atoms with van der Waals surface area (Å²) in [4.78, 5) is 14.8. The van der Waals surface area contributed by atoms with E-state index in [1.807, 2.05) is 19.1 Å². The van der Waals surface area contributed by atoms with E-state index >= 15 is 0 Å². The summed E-state index contributed by atoms with van der Waals surface area (Å²) >= 11 is 2.30. The van der Waals surface area contributed by atoms with E-state index < -0.39 is 0 Å². The van der Waals surface area contributed by atoms with Crippen LogP contribution in [0.5, 0.6) is 0 Å². The van der Waals surface area contributed by atoms with Gasteiger partial charge in [0.05, 0.1) is 0 Å². The highest BCUT2D eigenvalue weighted by atomic mass is 127. The molecule has 1 N–H and O–H groups in total. The number of hydrogen-bond acceptors (Lipinski definition) is 2. The molecule has 2 atom stereocenters. The van der Waals surface area contributed by atoms with Crippen LogP contribution >= 0.6 is 35.0 Å². The summed E-state index contributed by atoms with van der Waals surface area (Å²) in [6.07, 6.45) is 2.29. The Kier molecular flexibility index (Phi) is 5.91. The van der Waals surface area contributed by atoms with Crippen LogP contribution in [0, 0.1) is 22.3 Å². The Balaban J connectivity index is 0.00000161. The number of nitrogens with zero attached hydrogens (tertiary/aromatic N) is 1. The minimum Gasteiger partial charge on any atom is -0.339 e. The summed E-state index contributed by atoms with van der Waals surface area (Å²) in [7, 11) is 0. The van der Waals surface area contributed by atoms with Crippen molar-refractivity contribution in [3.05, 3.63) is 32.9 Å². The average Bonchev–Trinajstić information content (AvgIpc) is 2.80. The number of carbonyl (C=O) groups is 1. The molecule has 2 fully saturated rings. The first-order valence-corrected chi connectivity index (χ1v) is 8.50. The van der Waals surface area contributed by atoms with Crippen LogP contribution < -0.4 is 5.32 Å². The van der Waals surface area contributed by atoms with Gasteiger partial charge in [0.1, 0.15) is 0 Å². The molecule has 0 spiro atoms. The van der Waals surface area contributed by atoms with Crippen molar-refractivity contribution in [2.75, 3.05) is 26.2 Å². The topological polar surface area (TPSA) is 32.3 Å². The second kappa shape index (κ2) is 7.29. The zero-order chi connectivity index (χ0) is 14.1. The first-order chi connectivity index (χ1) is 9.66. The summed E-state index contributed by atoms with van der Waals surface area (Å²) in [5, 5.41) is 3.48. The maximum Gasteiger partial charge on any atom is 0.254 e. The highest BCUT2D eigenvalue weighted by Crippen LogP contribution is 2.28. The van der Waals surface area contributed by atoms with Gasteiger partial charge in [-0.05, 0) is 85.0 Å². The Morgan fingerprint density at radius 1 is 1.24 bits per heavy atom. The van der Waals surface area contributed by atoms with Gasteiger partial charge in [0.25, 0.3) is 5.91 Å². The van der Waals surface area contributed by atoms with Gasteiger partial charge in [0.2, 0.25) is 0 Å². The number of fused-ring (bicyclic) bond motifs is 1. The van der Waals surface area contributed by atoms with Crippen LogP contribution in [0.2, 0.25) is 0 Å². The Bertz CT molecular complexity index is 509. The molecule has 0 aromatic heterocycles. The lowest BCUT2D eigenvalue weighted by molar-refractivity contribution is 0.0757. The molecule has 0 aliphatic carbocycles. The number of carbonyl (C=O) groups excluding carboxylic acids is 1. The molecule has 0 saturated carbocycles. The molecule has 0 unspecified atom stereocenters. The molecule has 3 rings (SSSR count). The van der Waals surface area contributed by atoms with Gasteiger partial charge in [-0.15, -0.1) is 12.4 Å². The summed E-state index contributed by atoms with van der Waals surface area (Å²) in [5.41, 5.74) is 1.99. The van der Waals surface area contributed by atoms with E-state index in [4.69, 9.17) is 0 Å². The predicted molar refractivity (Wildman–Crippen MR) is 96.1 cm³/mol. The number of hydrogen-bond donors (Lipinski definition) is 1. The smallest absolute Gasteiger partial charge is 0.254 e. The van der Waals surface area contributed by atoms with E-state index in [1.54, 1.807) is 0 Å². The molecule has 0 radical (unpaired) electrons. The summed E-state index contributed by atoms with van der Waals surface area (Å²) in [6, 6.07) is 6.01. The fraction of sp³-hybridized carbons (Fsp3) is 0.562. The highest BCUT2D eigenvalue weighted by Gasteiger charge is 2.31. The summed E-state index contributed by atoms with van der Waals surface area (Å²) in [6.45, 7) is 6.13. The molecule has 1 aromatic rings. The summed E-state index contributed by atoms with van der Waals surface area (Å²) in [5.74, 6) is 1.75. The van der Waals surface area contributed by atoms with Gasteiger partial charge in [-0.1, -0.05) is 6.07 Å². The van der Waals surface area contributed by atoms with E-state index in [2.05, 4.69) is 38.9 Å². The Hall–Kier alpha value is -0.330. The van der Waals surface area contributed by atoms with E-state index in [9.17, 15) is 4.79 Å². The SMILES string of the molecule is Cc1c(I)cccc1C(=O)N1CC[C@@H]2CNC[C@@H]2CC1.Cl. The number of rotatable bonds is 1. The maximum absolute atomic E-state index is 12.8. The van der Waals surface area contributed by atoms with E-state index in [0.29, 0.717) is 0 Å². The highest BCUT2D eigenvalue weighted by molar-refractivity contribution is 14.1. The van der Waals surface area contributed by atoms with E-state index in [0.717, 1.165) is 62.0 Å². The van der Waals surface area contributed by atoms with Gasteiger partial charge in [-0.25, -0.2) is 0 Å². The van der Waals surface area contributed by atoms with Crippen molar-refractivity contribution in [3.63, 3.8) is 0 Å². The third kappa shape index (κ3) is 3.54. The van der Waals surface area contributed by atoms with Crippen LogP contribution in [0.4, 0.5) is 0 Å². The monoisotopic (exact) mass is 420 g/mol. The largest absolute Gasteiger partial charge is 0.339 e. The van der Waals surface area contributed by atoms with Crippen molar-refractivity contribution in [2.24, 2.45) is 11.8 Å². The predicted octanol–water partition coefficient (Wildman–Crippen LogP) is 3.09. The molecular weight excluding hydrogens is 399 g/mol. The van der Waals surface area contributed by atoms with Crippen molar-refractivity contribution < 1.29 is 4.79 Å². The van der Waals surface area contributed by atoms with Gasteiger partial charge < -0.3 is 10.2 Å². The standard InChI is InChI=1S/C16H21IN2O.ClH/c1-11-14(3-2-4-15(11)17)16(20)19-7-5-12-9-18-10-13(12)6-8-19;/h2-4,12-13,18H,5-10H2,1H3;1H/t12-,13+;. The molecule has 2 heterocycles. The normalized spacial score (nSPS) is 25.0. The number of nitrogens with one attached hydrogen (secondary N) is 1. The van der Waals surface area contributed by atoms with Crippen LogP contribution in [-0.4, -0.2) is 37.0 Å². The molecule has 3 nitrogen and oxygen atoms in total. The number of amides is 1. The zero-order valence-corrected chi connectivity index (χ0v) is 15.2. The first kappa shape index (κ1) is 17.0. The molecule has 5 heteroatoms. The quantitative estimate of drug-likeness (QED) is 0.708. The third-order valence-electron chi connectivity index (χ3n) is 4.80. The van der Waals surface area contributed by atoms with Crippen molar-refractivity contribution in [2.45, 2.75) is 19.8 Å². The van der Waals surface area contributed by atoms with Gasteiger partial charge in [0, 0.05) is 22.2 Å². The fourth-order valence-electron chi connectivity index (χ4n) is 3.43. The van der Waals surface area contributed by atoms with Gasteiger partial charge in [-0.3, -0.25) is 4.79 Å². The Labute approximate surface area is 146 Å². The van der Waals surface area contributed by atoms with Gasteiger partial charge in [-0.2, -0.15) is 0 Å². The maximum atomic E-state index is 12.8. The minimum absolute atomic E-state index is 0. The molecule has 2 saturated heterocycles. The van der Waals surface area contributed by atoms with Gasteiger partial charge >= 0.3 is 0 Å². The Morgan fingerprint density at radius 3 is 2.48 bits per heavy atom. The lowest BCUT2D eigenvalue weighted by Gasteiger charge is -2.22. The second-order valence-corrected chi connectivity index (χ2v) is 7.12. The van der Waals surface area contributed by atoms with Crippen molar-refractivity contribution in [3.8, 4) is 0 Å². The second-order valence-electron chi connectivity index (χ2n) is 5.96. The molecule has 21 heavy (non-hydrogen) atoms. The fourth-order valence-corrected chi connectivity index (χ4v) is 3.93. The minimum atomic E-state index is 0. The summed E-state index contributed by atoms with van der Waals surface area (Å²) < 4.78 is 1.17. The van der Waals surface area contributed by atoms with Crippen LogP contribution in [0.1, 0.15) is 28.8 Å². The first-order valence-electron chi connectivity index (χ1n) is 7.42. The van der Waals surface area contributed by atoms with Crippen molar-refractivity contribution in [1.29, 1.82) is 0 Å². The molecule has 116 valence electrons. The van der Waals surface area contributed by atoms with Crippen molar-refractivity contribution >= 4 is 40.9 Å². The lowest BCUT2D eigenvalue weighted by atomic mass is 9.92. The number of likely N-dealkylation sites (tertiary alicyclic amines) is 1. The van der Waals surface area contributed by atoms with Crippen molar-refractivity contribution in [1.82, 2.24) is 10.2 Å². The molecule has 1 amide bonds. The number of halogens is 2. The zero-order valence-electron chi connectivity index (χ0n) is 12.3. The molecule has 0 bridgehead atoms. The third-order valence-corrected chi connectivity index (χ3v) is 5.97. The molecule has 1 aromatic carbocycles. The lowest BCUT2D eigenvalue weighted by Crippen LogP contribution is -2.33. The number of benzene rings is 1. The van der Waals surface area contributed by atoms with Crippen LogP contribution in [0.25, 0.3) is 0 Å². The average molecular weight is 421 g/mol. The van der Waals surface area contributed by atoms with Crippen LogP contribution in [0.15, 0.2) is 18.2 Å². The van der Waals surface area contributed by atoms with Gasteiger partial charge in [0.15, 0.2) is 0 Å². The molecular formula is C16H22ClIN2O. The van der Waals surface area contributed by atoms with E-state index in [1.165, 1.54) is 3.57 Å².